The fraction of sp³-hybridized carbons (Fsp3) is 0.357. The number of fused-ring (bicyclic) bond motifs is 1. The number of phenolic OH excluding ortho intramolecular Hbond substituents is 1. The van der Waals surface area contributed by atoms with Crippen molar-refractivity contribution in [1.82, 2.24) is 15.2 Å². The number of halogens is 2. The van der Waals surface area contributed by atoms with Crippen molar-refractivity contribution >= 4 is 34.1 Å². The number of aromatic hydroxyl groups is 1. The van der Waals surface area contributed by atoms with Gasteiger partial charge in [0.05, 0.1) is 15.7 Å². The summed E-state index contributed by atoms with van der Waals surface area (Å²) in [6.45, 7) is 4.76. The Morgan fingerprint density at radius 3 is 2.70 bits per heavy atom. The molecule has 0 saturated carbocycles. The van der Waals surface area contributed by atoms with E-state index in [1.807, 2.05) is 12.1 Å². The molecular weight excluding hydrogens is 297 g/mol. The third-order valence-electron chi connectivity index (χ3n) is 3.51. The van der Waals surface area contributed by atoms with E-state index in [0.29, 0.717) is 10.5 Å². The molecule has 0 aliphatic carbocycles. The molecule has 0 radical (unpaired) electrons. The number of phenols is 1. The fourth-order valence-corrected chi connectivity index (χ4v) is 2.95. The molecule has 0 spiro atoms. The van der Waals surface area contributed by atoms with E-state index in [-0.39, 0.29) is 10.8 Å². The summed E-state index contributed by atoms with van der Waals surface area (Å²) in [6.07, 6.45) is 0. The molecule has 1 fully saturated rings. The Morgan fingerprint density at radius 1 is 1.20 bits per heavy atom. The Kier molecular flexibility index (Phi) is 3.98. The highest BCUT2D eigenvalue weighted by molar-refractivity contribution is 6.39. The molecule has 4 nitrogen and oxygen atoms in total. The summed E-state index contributed by atoms with van der Waals surface area (Å²) in [5.41, 5.74) is 1.38. The number of hydrogen-bond acceptors (Lipinski definition) is 4. The van der Waals surface area contributed by atoms with Crippen LogP contribution < -0.4 is 5.32 Å². The number of rotatable bonds is 2. The lowest BCUT2D eigenvalue weighted by Crippen LogP contribution is -2.43. The van der Waals surface area contributed by atoms with E-state index in [4.69, 9.17) is 23.2 Å². The second-order valence-electron chi connectivity index (χ2n) is 4.91. The summed E-state index contributed by atoms with van der Waals surface area (Å²) >= 11 is 12.1. The molecule has 1 aromatic carbocycles. The zero-order chi connectivity index (χ0) is 14.1. The number of piperazine rings is 1. The zero-order valence-electron chi connectivity index (χ0n) is 10.9. The van der Waals surface area contributed by atoms with Crippen LogP contribution in [0.2, 0.25) is 10.0 Å². The lowest BCUT2D eigenvalue weighted by molar-refractivity contribution is 0.231. The third kappa shape index (κ3) is 2.69. The SMILES string of the molecule is Oc1c(Cl)cc(Cl)c2ccc(CN3CCNCC3)nc12. The number of aromatic nitrogens is 1. The van der Waals surface area contributed by atoms with Crippen LogP contribution in [0.1, 0.15) is 5.69 Å². The molecule has 2 N–H and O–H groups in total. The summed E-state index contributed by atoms with van der Waals surface area (Å²) in [7, 11) is 0. The van der Waals surface area contributed by atoms with Gasteiger partial charge in [-0.05, 0) is 18.2 Å². The molecule has 2 heterocycles. The lowest BCUT2D eigenvalue weighted by Gasteiger charge is -2.26. The van der Waals surface area contributed by atoms with Crippen molar-refractivity contribution in [3.05, 3.63) is 33.9 Å². The van der Waals surface area contributed by atoms with Gasteiger partial charge in [0.25, 0.3) is 0 Å². The van der Waals surface area contributed by atoms with Crippen molar-refractivity contribution in [1.29, 1.82) is 0 Å². The first-order valence-electron chi connectivity index (χ1n) is 6.55. The number of hydrogen-bond donors (Lipinski definition) is 2. The van der Waals surface area contributed by atoms with Gasteiger partial charge < -0.3 is 10.4 Å². The van der Waals surface area contributed by atoms with Gasteiger partial charge in [0.1, 0.15) is 5.52 Å². The van der Waals surface area contributed by atoms with E-state index >= 15 is 0 Å². The largest absolute Gasteiger partial charge is 0.504 e. The quantitative estimate of drug-likeness (QED) is 0.895. The molecule has 6 heteroatoms. The van der Waals surface area contributed by atoms with Crippen LogP contribution in [0.5, 0.6) is 5.75 Å². The minimum atomic E-state index is -0.00627. The van der Waals surface area contributed by atoms with Crippen LogP contribution >= 0.6 is 23.2 Å². The number of benzene rings is 1. The van der Waals surface area contributed by atoms with Crippen molar-refractivity contribution in [2.75, 3.05) is 26.2 Å². The second-order valence-corrected chi connectivity index (χ2v) is 5.73. The summed E-state index contributed by atoms with van der Waals surface area (Å²) in [4.78, 5) is 6.84. The maximum atomic E-state index is 10.0. The Labute approximate surface area is 127 Å². The predicted octanol–water partition coefficient (Wildman–Crippen LogP) is 2.65. The van der Waals surface area contributed by atoms with Crippen LogP contribution in [0.3, 0.4) is 0 Å². The molecule has 1 aliphatic heterocycles. The highest BCUT2D eigenvalue weighted by Crippen LogP contribution is 2.36. The van der Waals surface area contributed by atoms with Gasteiger partial charge in [-0.1, -0.05) is 23.2 Å². The summed E-state index contributed by atoms with van der Waals surface area (Å²) in [6, 6.07) is 5.38. The van der Waals surface area contributed by atoms with E-state index in [1.165, 1.54) is 0 Å². The molecule has 0 unspecified atom stereocenters. The van der Waals surface area contributed by atoms with Gasteiger partial charge in [0.15, 0.2) is 5.75 Å². The van der Waals surface area contributed by atoms with Gasteiger partial charge in [-0.15, -0.1) is 0 Å². The first-order chi connectivity index (χ1) is 9.65. The Hall–Kier alpha value is -1.07. The van der Waals surface area contributed by atoms with Gasteiger partial charge in [0, 0.05) is 38.1 Å². The lowest BCUT2D eigenvalue weighted by atomic mass is 10.1. The monoisotopic (exact) mass is 311 g/mol. The number of pyridine rings is 1. The van der Waals surface area contributed by atoms with Gasteiger partial charge >= 0.3 is 0 Å². The Bertz CT molecular complexity index is 642. The minimum Gasteiger partial charge on any atom is -0.504 e. The first kappa shape index (κ1) is 13.9. The Balaban J connectivity index is 1.95. The van der Waals surface area contributed by atoms with Crippen LogP contribution in [0.4, 0.5) is 0 Å². The predicted molar refractivity (Wildman–Crippen MR) is 81.6 cm³/mol. The van der Waals surface area contributed by atoms with Crippen LogP contribution in [-0.2, 0) is 6.54 Å². The van der Waals surface area contributed by atoms with Crippen molar-refractivity contribution < 1.29 is 5.11 Å². The highest BCUT2D eigenvalue weighted by atomic mass is 35.5. The molecule has 0 bridgehead atoms. The standard InChI is InChI=1S/C14H15Cl2N3O/c15-11-7-12(16)14(20)13-10(11)2-1-9(18-13)8-19-5-3-17-4-6-19/h1-2,7,17,20H,3-6,8H2. The van der Waals surface area contributed by atoms with E-state index < -0.39 is 0 Å². The van der Waals surface area contributed by atoms with E-state index in [2.05, 4.69) is 15.2 Å². The van der Waals surface area contributed by atoms with Crippen molar-refractivity contribution in [3.8, 4) is 5.75 Å². The number of nitrogens with one attached hydrogen (secondary N) is 1. The normalized spacial score (nSPS) is 16.7. The van der Waals surface area contributed by atoms with Crippen LogP contribution in [0, 0.1) is 0 Å². The minimum absolute atomic E-state index is 0.00627. The summed E-state index contributed by atoms with van der Waals surface area (Å²) in [5, 5.41) is 14.8. The average molecular weight is 312 g/mol. The maximum absolute atomic E-state index is 10.0. The van der Waals surface area contributed by atoms with Gasteiger partial charge in [-0.25, -0.2) is 4.98 Å². The zero-order valence-corrected chi connectivity index (χ0v) is 12.4. The van der Waals surface area contributed by atoms with Crippen LogP contribution in [0.15, 0.2) is 18.2 Å². The average Bonchev–Trinajstić information content (AvgIpc) is 2.46. The number of nitrogens with zero attached hydrogens (tertiary/aromatic N) is 2. The van der Waals surface area contributed by atoms with Crippen molar-refractivity contribution in [3.63, 3.8) is 0 Å². The van der Waals surface area contributed by atoms with Gasteiger partial charge in [-0.3, -0.25) is 4.90 Å². The molecule has 0 amide bonds. The van der Waals surface area contributed by atoms with Crippen molar-refractivity contribution in [2.45, 2.75) is 6.54 Å². The fourth-order valence-electron chi connectivity index (χ4n) is 2.43. The third-order valence-corrected chi connectivity index (χ3v) is 4.11. The van der Waals surface area contributed by atoms with E-state index in [1.54, 1.807) is 6.07 Å². The molecule has 0 atom stereocenters. The van der Waals surface area contributed by atoms with Crippen LogP contribution in [0.25, 0.3) is 10.9 Å². The van der Waals surface area contributed by atoms with Crippen LogP contribution in [-0.4, -0.2) is 41.2 Å². The molecule has 2 aromatic rings. The molecule has 3 rings (SSSR count). The summed E-state index contributed by atoms with van der Waals surface area (Å²) < 4.78 is 0. The topological polar surface area (TPSA) is 48.4 Å². The maximum Gasteiger partial charge on any atom is 0.160 e. The van der Waals surface area contributed by atoms with E-state index in [9.17, 15) is 5.11 Å². The molecule has 106 valence electrons. The van der Waals surface area contributed by atoms with Gasteiger partial charge in [0.2, 0.25) is 0 Å². The first-order valence-corrected chi connectivity index (χ1v) is 7.30. The van der Waals surface area contributed by atoms with Crippen molar-refractivity contribution in [2.24, 2.45) is 0 Å². The smallest absolute Gasteiger partial charge is 0.160 e. The molecule has 1 aliphatic rings. The molecular formula is C14H15Cl2N3O. The second kappa shape index (κ2) is 5.74. The molecule has 20 heavy (non-hydrogen) atoms. The molecule has 1 saturated heterocycles. The highest BCUT2D eigenvalue weighted by Gasteiger charge is 2.14. The summed E-state index contributed by atoms with van der Waals surface area (Å²) in [5.74, 6) is -0.00627. The van der Waals surface area contributed by atoms with Gasteiger partial charge in [-0.2, -0.15) is 0 Å². The molecule has 1 aromatic heterocycles. The Morgan fingerprint density at radius 2 is 1.95 bits per heavy atom. The van der Waals surface area contributed by atoms with E-state index in [0.717, 1.165) is 43.8 Å².